The van der Waals surface area contributed by atoms with Crippen LogP contribution in [0.5, 0.6) is 0 Å². The maximum absolute atomic E-state index is 5.74. The van der Waals surface area contributed by atoms with Crippen LogP contribution >= 0.6 is 0 Å². The van der Waals surface area contributed by atoms with Crippen LogP contribution < -0.4 is 16.4 Å². The SMILES string of the molecule is C=C/C=C\CCc1c(NC(=C)CN(CC)CCN)ccc(NC(=C)C)c1C(C)CC. The van der Waals surface area contributed by atoms with Crippen LogP contribution in [0.3, 0.4) is 0 Å². The Kier molecular flexibility index (Phi) is 11.9. The lowest BCUT2D eigenvalue weighted by molar-refractivity contribution is 0.322. The first kappa shape index (κ1) is 25.7. The van der Waals surface area contributed by atoms with Crippen LogP contribution in [-0.4, -0.2) is 31.1 Å². The van der Waals surface area contributed by atoms with Crippen molar-refractivity contribution >= 4 is 11.4 Å². The number of hydrogen-bond donors (Lipinski definition) is 3. The van der Waals surface area contributed by atoms with Gasteiger partial charge in [-0.2, -0.15) is 0 Å². The number of benzene rings is 1. The summed E-state index contributed by atoms with van der Waals surface area (Å²) < 4.78 is 0. The lowest BCUT2D eigenvalue weighted by Crippen LogP contribution is -2.32. The molecule has 0 spiro atoms. The molecule has 0 saturated carbocycles. The Hall–Kier alpha value is -2.30. The third kappa shape index (κ3) is 8.21. The average Bonchev–Trinajstić information content (AvgIpc) is 2.71. The Morgan fingerprint density at radius 1 is 1.20 bits per heavy atom. The Morgan fingerprint density at radius 3 is 2.47 bits per heavy atom. The molecule has 4 nitrogen and oxygen atoms in total. The lowest BCUT2D eigenvalue weighted by Gasteiger charge is -2.26. The topological polar surface area (TPSA) is 53.3 Å². The number of nitrogens with one attached hydrogen (secondary N) is 2. The summed E-state index contributed by atoms with van der Waals surface area (Å²) in [4.78, 5) is 2.30. The van der Waals surface area contributed by atoms with Gasteiger partial charge in [-0.15, -0.1) is 0 Å². The average molecular weight is 411 g/mol. The highest BCUT2D eigenvalue weighted by molar-refractivity contribution is 5.69. The number of allylic oxidation sites excluding steroid dienone is 4. The molecular formula is C26H42N4. The van der Waals surface area contributed by atoms with Crippen molar-refractivity contribution in [3.8, 4) is 0 Å². The summed E-state index contributed by atoms with van der Waals surface area (Å²) in [5, 5.41) is 7.07. The monoisotopic (exact) mass is 410 g/mol. The van der Waals surface area contributed by atoms with Crippen molar-refractivity contribution in [2.24, 2.45) is 5.73 Å². The van der Waals surface area contributed by atoms with E-state index in [2.05, 4.69) is 74.3 Å². The second-order valence-corrected chi connectivity index (χ2v) is 7.86. The molecule has 1 unspecified atom stereocenters. The molecule has 0 heterocycles. The fourth-order valence-electron chi connectivity index (χ4n) is 3.61. The number of hydrogen-bond acceptors (Lipinski definition) is 4. The third-order valence-corrected chi connectivity index (χ3v) is 5.26. The molecule has 0 aliphatic carbocycles. The van der Waals surface area contributed by atoms with Crippen LogP contribution in [0.15, 0.2) is 61.5 Å². The summed E-state index contributed by atoms with van der Waals surface area (Å²) in [5.74, 6) is 0.435. The minimum absolute atomic E-state index is 0.435. The van der Waals surface area contributed by atoms with Crippen molar-refractivity contribution in [3.63, 3.8) is 0 Å². The molecule has 1 rings (SSSR count). The summed E-state index contributed by atoms with van der Waals surface area (Å²) in [6.45, 7) is 24.1. The van der Waals surface area contributed by atoms with Gasteiger partial charge in [0.2, 0.25) is 0 Å². The van der Waals surface area contributed by atoms with Crippen LogP contribution in [-0.2, 0) is 6.42 Å². The van der Waals surface area contributed by atoms with E-state index in [0.717, 1.165) is 61.7 Å². The molecule has 4 N–H and O–H groups in total. The van der Waals surface area contributed by atoms with Crippen LogP contribution in [0, 0.1) is 0 Å². The van der Waals surface area contributed by atoms with Crippen LogP contribution in [0.25, 0.3) is 0 Å². The number of likely N-dealkylation sites (N-methyl/N-ethyl adjacent to an activating group) is 1. The fraction of sp³-hybridized carbons (Fsp3) is 0.462. The van der Waals surface area contributed by atoms with E-state index in [9.17, 15) is 0 Å². The quantitative estimate of drug-likeness (QED) is 0.309. The van der Waals surface area contributed by atoms with Crippen LogP contribution in [0.2, 0.25) is 0 Å². The van der Waals surface area contributed by atoms with Gasteiger partial charge in [0, 0.05) is 42.4 Å². The lowest BCUT2D eigenvalue weighted by atomic mass is 9.88. The number of nitrogens with two attached hydrogens (primary N) is 1. The van der Waals surface area contributed by atoms with E-state index in [-0.39, 0.29) is 0 Å². The van der Waals surface area contributed by atoms with Gasteiger partial charge in [-0.25, -0.2) is 0 Å². The Labute approximate surface area is 184 Å². The van der Waals surface area contributed by atoms with Gasteiger partial charge in [-0.05, 0) is 61.9 Å². The largest absolute Gasteiger partial charge is 0.359 e. The number of rotatable bonds is 15. The van der Waals surface area contributed by atoms with Crippen molar-refractivity contribution in [3.05, 3.63) is 72.6 Å². The zero-order valence-corrected chi connectivity index (χ0v) is 19.6. The van der Waals surface area contributed by atoms with E-state index in [1.165, 1.54) is 11.1 Å². The molecule has 1 aromatic rings. The summed E-state index contributed by atoms with van der Waals surface area (Å²) in [5.41, 5.74) is 12.7. The summed E-state index contributed by atoms with van der Waals surface area (Å²) in [7, 11) is 0. The van der Waals surface area contributed by atoms with E-state index in [1.54, 1.807) is 0 Å². The van der Waals surface area contributed by atoms with Crippen molar-refractivity contribution in [1.29, 1.82) is 0 Å². The molecule has 1 atom stereocenters. The maximum atomic E-state index is 5.74. The molecule has 0 aromatic heterocycles. The highest BCUT2D eigenvalue weighted by atomic mass is 15.1. The van der Waals surface area contributed by atoms with Crippen molar-refractivity contribution < 1.29 is 0 Å². The van der Waals surface area contributed by atoms with Gasteiger partial charge in [0.05, 0.1) is 0 Å². The molecule has 0 aliphatic heterocycles. The van der Waals surface area contributed by atoms with Gasteiger partial charge in [0.15, 0.2) is 0 Å². The predicted octanol–water partition coefficient (Wildman–Crippen LogP) is 6.03. The summed E-state index contributed by atoms with van der Waals surface area (Å²) >= 11 is 0. The number of anilines is 2. The van der Waals surface area contributed by atoms with Crippen LogP contribution in [0.4, 0.5) is 11.4 Å². The normalized spacial score (nSPS) is 12.2. The maximum Gasteiger partial charge on any atom is 0.0421 e. The van der Waals surface area contributed by atoms with E-state index < -0.39 is 0 Å². The first-order valence-corrected chi connectivity index (χ1v) is 11.1. The van der Waals surface area contributed by atoms with Crippen molar-refractivity contribution in [1.82, 2.24) is 4.90 Å². The molecule has 1 aromatic carbocycles. The molecule has 0 bridgehead atoms. The molecule has 0 saturated heterocycles. The highest BCUT2D eigenvalue weighted by Gasteiger charge is 2.18. The first-order chi connectivity index (χ1) is 14.4. The molecule has 0 aliphatic rings. The third-order valence-electron chi connectivity index (χ3n) is 5.26. The van der Waals surface area contributed by atoms with Gasteiger partial charge < -0.3 is 16.4 Å². The van der Waals surface area contributed by atoms with Gasteiger partial charge in [-0.3, -0.25) is 4.90 Å². The van der Waals surface area contributed by atoms with Crippen molar-refractivity contribution in [2.45, 2.75) is 52.9 Å². The van der Waals surface area contributed by atoms with E-state index in [0.29, 0.717) is 12.5 Å². The molecule has 0 fully saturated rings. The predicted molar refractivity (Wildman–Crippen MR) is 135 cm³/mol. The molecule has 0 amide bonds. The minimum atomic E-state index is 0.435. The second kappa shape index (κ2) is 13.8. The molecule has 30 heavy (non-hydrogen) atoms. The smallest absolute Gasteiger partial charge is 0.0421 e. The van der Waals surface area contributed by atoms with Gasteiger partial charge in [-0.1, -0.05) is 58.7 Å². The van der Waals surface area contributed by atoms with E-state index in [1.807, 2.05) is 19.1 Å². The highest BCUT2D eigenvalue weighted by Crippen LogP contribution is 2.36. The standard InChI is InChI=1S/C26H42N4/c1-8-11-12-13-14-23-24(29-22(7)19-30(10-3)18-17-27)15-16-25(28-20(4)5)26(23)21(6)9-2/h8,11-12,15-16,21,28-29H,1,4,7,9-10,13-14,17-19,27H2,2-3,5-6H3/b12-11-. The van der Waals surface area contributed by atoms with E-state index >= 15 is 0 Å². The Morgan fingerprint density at radius 2 is 1.90 bits per heavy atom. The van der Waals surface area contributed by atoms with Crippen molar-refractivity contribution in [2.75, 3.05) is 36.8 Å². The molecule has 4 heteroatoms. The Balaban J connectivity index is 3.30. The van der Waals surface area contributed by atoms with Gasteiger partial charge in [0.1, 0.15) is 0 Å². The molecule has 0 radical (unpaired) electrons. The summed E-state index contributed by atoms with van der Waals surface area (Å²) in [6.07, 6.45) is 8.99. The van der Waals surface area contributed by atoms with Crippen LogP contribution in [0.1, 0.15) is 57.6 Å². The number of nitrogens with zero attached hydrogens (tertiary/aromatic N) is 1. The fourth-order valence-corrected chi connectivity index (χ4v) is 3.61. The van der Waals surface area contributed by atoms with E-state index in [4.69, 9.17) is 5.73 Å². The molecular weight excluding hydrogens is 368 g/mol. The molecule has 166 valence electrons. The second-order valence-electron chi connectivity index (χ2n) is 7.86. The van der Waals surface area contributed by atoms with Gasteiger partial charge in [0.25, 0.3) is 0 Å². The zero-order valence-electron chi connectivity index (χ0n) is 19.6. The minimum Gasteiger partial charge on any atom is -0.359 e. The zero-order chi connectivity index (χ0) is 22.5. The Bertz CT molecular complexity index is 733. The summed E-state index contributed by atoms with van der Waals surface area (Å²) in [6, 6.07) is 4.32. The first-order valence-electron chi connectivity index (χ1n) is 11.1. The van der Waals surface area contributed by atoms with Gasteiger partial charge >= 0.3 is 0 Å².